The molecule has 1 aromatic heterocycles. The molecule has 21 heavy (non-hydrogen) atoms. The van der Waals surface area contributed by atoms with E-state index in [-0.39, 0.29) is 31.2 Å². The number of carbonyl (C=O) groups is 1. The second-order valence-corrected chi connectivity index (χ2v) is 5.02. The standard InChI is InChI=1S/C12H15F3N2O4/c13-12(14,15)8-3-1-2-7(4-8)11-17-16-9(21-11)5-20-6-10(18)19/h7-8H,1-6H2,(H,18,19). The van der Waals surface area contributed by atoms with Gasteiger partial charge >= 0.3 is 12.1 Å². The number of carboxylic acids is 1. The molecule has 2 rings (SSSR count). The monoisotopic (exact) mass is 308 g/mol. The molecule has 1 aliphatic rings. The van der Waals surface area contributed by atoms with E-state index in [0.717, 1.165) is 0 Å². The maximum absolute atomic E-state index is 12.7. The molecule has 0 radical (unpaired) electrons. The van der Waals surface area contributed by atoms with Crippen molar-refractivity contribution in [3.8, 4) is 0 Å². The van der Waals surface area contributed by atoms with Gasteiger partial charge < -0.3 is 14.3 Å². The summed E-state index contributed by atoms with van der Waals surface area (Å²) in [6.07, 6.45) is -3.10. The van der Waals surface area contributed by atoms with Gasteiger partial charge in [0.15, 0.2) is 0 Å². The number of rotatable bonds is 5. The van der Waals surface area contributed by atoms with Gasteiger partial charge in [-0.1, -0.05) is 6.42 Å². The number of hydrogen-bond acceptors (Lipinski definition) is 5. The van der Waals surface area contributed by atoms with Crippen LogP contribution in [0.3, 0.4) is 0 Å². The Morgan fingerprint density at radius 3 is 2.81 bits per heavy atom. The number of aromatic nitrogens is 2. The fourth-order valence-electron chi connectivity index (χ4n) is 2.43. The lowest BCUT2D eigenvalue weighted by atomic mass is 9.81. The van der Waals surface area contributed by atoms with E-state index in [4.69, 9.17) is 14.3 Å². The smallest absolute Gasteiger partial charge is 0.391 e. The van der Waals surface area contributed by atoms with Gasteiger partial charge in [0.1, 0.15) is 13.2 Å². The van der Waals surface area contributed by atoms with Crippen LogP contribution in [-0.4, -0.2) is 34.1 Å². The van der Waals surface area contributed by atoms with E-state index in [0.29, 0.717) is 12.8 Å². The molecule has 6 nitrogen and oxygen atoms in total. The molecule has 0 spiro atoms. The highest BCUT2D eigenvalue weighted by Crippen LogP contribution is 2.43. The molecule has 1 fully saturated rings. The number of ether oxygens (including phenoxy) is 1. The van der Waals surface area contributed by atoms with Crippen LogP contribution in [-0.2, 0) is 16.1 Å². The van der Waals surface area contributed by atoms with Crippen LogP contribution in [0.1, 0.15) is 43.4 Å². The molecule has 9 heteroatoms. The third-order valence-corrected chi connectivity index (χ3v) is 3.42. The maximum atomic E-state index is 12.7. The molecule has 0 aromatic carbocycles. The van der Waals surface area contributed by atoms with Crippen molar-refractivity contribution >= 4 is 5.97 Å². The summed E-state index contributed by atoms with van der Waals surface area (Å²) in [7, 11) is 0. The molecule has 0 aliphatic heterocycles. The summed E-state index contributed by atoms with van der Waals surface area (Å²) in [5, 5.41) is 15.8. The van der Waals surface area contributed by atoms with E-state index in [1.165, 1.54) is 0 Å². The van der Waals surface area contributed by atoms with Crippen LogP contribution in [0, 0.1) is 5.92 Å². The number of alkyl halides is 3. The lowest BCUT2D eigenvalue weighted by Crippen LogP contribution is -2.28. The van der Waals surface area contributed by atoms with Gasteiger partial charge in [-0.05, 0) is 19.3 Å². The van der Waals surface area contributed by atoms with Gasteiger partial charge in [0.25, 0.3) is 0 Å². The highest BCUT2D eigenvalue weighted by molar-refractivity contribution is 5.67. The SMILES string of the molecule is O=C(O)COCc1nnc(C2CCCC(C(F)(F)F)C2)o1. The zero-order chi connectivity index (χ0) is 15.5. The van der Waals surface area contributed by atoms with Gasteiger partial charge in [0.05, 0.1) is 5.92 Å². The average Bonchev–Trinajstić information content (AvgIpc) is 2.86. The minimum atomic E-state index is -4.20. The summed E-state index contributed by atoms with van der Waals surface area (Å²) in [4.78, 5) is 10.3. The first-order chi connectivity index (χ1) is 9.86. The molecule has 0 saturated heterocycles. The third-order valence-electron chi connectivity index (χ3n) is 3.42. The van der Waals surface area contributed by atoms with Gasteiger partial charge in [-0.15, -0.1) is 10.2 Å². The van der Waals surface area contributed by atoms with Crippen molar-refractivity contribution in [2.45, 2.75) is 44.4 Å². The Hall–Kier alpha value is -1.64. The lowest BCUT2D eigenvalue weighted by molar-refractivity contribution is -0.183. The van der Waals surface area contributed by atoms with Crippen molar-refractivity contribution in [3.63, 3.8) is 0 Å². The molecule has 1 saturated carbocycles. The number of carboxylic acid groups (broad SMARTS) is 1. The minimum absolute atomic E-state index is 0.0544. The van der Waals surface area contributed by atoms with Crippen LogP contribution in [0.15, 0.2) is 4.42 Å². The topological polar surface area (TPSA) is 85.5 Å². The maximum Gasteiger partial charge on any atom is 0.391 e. The van der Waals surface area contributed by atoms with Gasteiger partial charge in [0, 0.05) is 5.92 Å². The van der Waals surface area contributed by atoms with Crippen LogP contribution in [0.25, 0.3) is 0 Å². The summed E-state index contributed by atoms with van der Waals surface area (Å²) in [6, 6.07) is 0. The predicted molar refractivity (Wildman–Crippen MR) is 62.3 cm³/mol. The number of nitrogens with zero attached hydrogens (tertiary/aromatic N) is 2. The largest absolute Gasteiger partial charge is 0.480 e. The molecule has 0 bridgehead atoms. The highest BCUT2D eigenvalue weighted by atomic mass is 19.4. The zero-order valence-corrected chi connectivity index (χ0v) is 11.1. The van der Waals surface area contributed by atoms with Gasteiger partial charge in [-0.3, -0.25) is 0 Å². The van der Waals surface area contributed by atoms with E-state index < -0.39 is 30.6 Å². The molecular weight excluding hydrogens is 293 g/mol. The van der Waals surface area contributed by atoms with Crippen LogP contribution in [0.2, 0.25) is 0 Å². The Morgan fingerprint density at radius 2 is 2.14 bits per heavy atom. The van der Waals surface area contributed by atoms with Crippen molar-refractivity contribution in [1.82, 2.24) is 10.2 Å². The van der Waals surface area contributed by atoms with Crippen molar-refractivity contribution < 1.29 is 32.2 Å². The lowest BCUT2D eigenvalue weighted by Gasteiger charge is -2.28. The Kier molecular flexibility index (Phi) is 4.81. The van der Waals surface area contributed by atoms with Crippen molar-refractivity contribution in [1.29, 1.82) is 0 Å². The molecule has 2 atom stereocenters. The van der Waals surface area contributed by atoms with Gasteiger partial charge in [0.2, 0.25) is 11.8 Å². The molecule has 118 valence electrons. The van der Waals surface area contributed by atoms with Crippen LogP contribution in [0.5, 0.6) is 0 Å². The van der Waals surface area contributed by atoms with E-state index >= 15 is 0 Å². The van der Waals surface area contributed by atoms with Crippen LogP contribution in [0.4, 0.5) is 13.2 Å². The number of hydrogen-bond donors (Lipinski definition) is 1. The first-order valence-corrected chi connectivity index (χ1v) is 6.54. The molecule has 0 amide bonds. The quantitative estimate of drug-likeness (QED) is 0.899. The summed E-state index contributed by atoms with van der Waals surface area (Å²) in [5.41, 5.74) is 0. The first-order valence-electron chi connectivity index (χ1n) is 6.54. The predicted octanol–water partition coefficient (Wildman–Crippen LogP) is 2.51. The van der Waals surface area contributed by atoms with E-state index in [1.54, 1.807) is 0 Å². The highest BCUT2D eigenvalue weighted by Gasteiger charge is 2.43. The van der Waals surface area contributed by atoms with Gasteiger partial charge in [-0.25, -0.2) is 4.79 Å². The Morgan fingerprint density at radius 1 is 1.38 bits per heavy atom. The molecule has 1 heterocycles. The Labute approximate surface area is 118 Å². The number of halogens is 3. The van der Waals surface area contributed by atoms with E-state index in [9.17, 15) is 18.0 Å². The van der Waals surface area contributed by atoms with Crippen LogP contribution < -0.4 is 0 Å². The summed E-state index contributed by atoms with van der Waals surface area (Å²) < 4.78 is 48.2. The Balaban J connectivity index is 1.92. The molecule has 1 aliphatic carbocycles. The average molecular weight is 308 g/mol. The fraction of sp³-hybridized carbons (Fsp3) is 0.750. The normalized spacial score (nSPS) is 23.2. The zero-order valence-electron chi connectivity index (χ0n) is 11.1. The van der Waals surface area contributed by atoms with Gasteiger partial charge in [-0.2, -0.15) is 13.2 Å². The van der Waals surface area contributed by atoms with Crippen molar-refractivity contribution in [3.05, 3.63) is 11.8 Å². The second-order valence-electron chi connectivity index (χ2n) is 5.02. The molecule has 1 aromatic rings. The van der Waals surface area contributed by atoms with E-state index in [1.807, 2.05) is 0 Å². The van der Waals surface area contributed by atoms with Crippen LogP contribution >= 0.6 is 0 Å². The Bertz CT molecular complexity index is 489. The van der Waals surface area contributed by atoms with Crippen molar-refractivity contribution in [2.75, 3.05) is 6.61 Å². The molecule has 1 N–H and O–H groups in total. The summed E-state index contributed by atoms with van der Waals surface area (Å²) in [6.45, 7) is -0.675. The summed E-state index contributed by atoms with van der Waals surface area (Å²) in [5.74, 6) is -2.64. The van der Waals surface area contributed by atoms with E-state index in [2.05, 4.69) is 10.2 Å². The van der Waals surface area contributed by atoms with Crippen molar-refractivity contribution in [2.24, 2.45) is 5.92 Å². The summed E-state index contributed by atoms with van der Waals surface area (Å²) >= 11 is 0. The molecular formula is C12H15F3N2O4. The number of aliphatic carboxylic acids is 1. The fourth-order valence-corrected chi connectivity index (χ4v) is 2.43. The molecule has 2 unspecified atom stereocenters. The second kappa shape index (κ2) is 6.42. The third kappa shape index (κ3) is 4.42. The minimum Gasteiger partial charge on any atom is -0.480 e. The first kappa shape index (κ1) is 15.7.